The molecule has 4 nitrogen and oxygen atoms in total. The average Bonchev–Trinajstić information content (AvgIpc) is 3.14. The Hall–Kier alpha value is -2.09. The number of benzene rings is 2. The van der Waals surface area contributed by atoms with Gasteiger partial charge in [-0.3, -0.25) is 4.21 Å². The molecule has 3 aromatic rings. The Kier molecular flexibility index (Phi) is 5.55. The number of likely N-dealkylation sites (tertiary alicyclic amines) is 1. The van der Waals surface area contributed by atoms with E-state index in [1.807, 2.05) is 7.05 Å². The molecule has 2 heterocycles. The summed E-state index contributed by atoms with van der Waals surface area (Å²) in [5, 5.41) is 0.620. The molecule has 2 atom stereocenters. The lowest BCUT2D eigenvalue weighted by Gasteiger charge is -2.34. The number of aryl methyl sites for hydroxylation is 1. The molecular formula is C21H20ClF2N3OS. The van der Waals surface area contributed by atoms with Crippen LogP contribution in [-0.2, 0) is 10.8 Å². The lowest BCUT2D eigenvalue weighted by atomic mass is 9.89. The van der Waals surface area contributed by atoms with Crippen molar-refractivity contribution in [3.05, 3.63) is 81.8 Å². The first-order valence-electron chi connectivity index (χ1n) is 9.18. The maximum atomic E-state index is 13.8. The van der Waals surface area contributed by atoms with Crippen LogP contribution in [0.3, 0.4) is 0 Å². The van der Waals surface area contributed by atoms with Gasteiger partial charge in [-0.1, -0.05) is 29.8 Å². The first-order valence-corrected chi connectivity index (χ1v) is 10.8. The van der Waals surface area contributed by atoms with E-state index in [1.165, 1.54) is 12.1 Å². The molecule has 0 spiro atoms. The van der Waals surface area contributed by atoms with E-state index in [2.05, 4.69) is 14.9 Å². The predicted molar refractivity (Wildman–Crippen MR) is 110 cm³/mol. The average molecular weight is 436 g/mol. The molecule has 1 fully saturated rings. The lowest BCUT2D eigenvalue weighted by Crippen LogP contribution is -2.50. The number of hydrogen-bond acceptors (Lipinski definition) is 3. The number of halogens is 3. The lowest BCUT2D eigenvalue weighted by molar-refractivity contribution is 0.236. The van der Waals surface area contributed by atoms with Crippen LogP contribution < -0.4 is 0 Å². The van der Waals surface area contributed by atoms with Crippen LogP contribution in [0.2, 0.25) is 5.02 Å². The van der Waals surface area contributed by atoms with Crippen molar-refractivity contribution in [2.75, 3.05) is 20.1 Å². The van der Waals surface area contributed by atoms with Gasteiger partial charge in [0.1, 0.15) is 22.5 Å². The highest BCUT2D eigenvalue weighted by Crippen LogP contribution is 2.33. The minimum Gasteiger partial charge on any atom is -0.334 e. The van der Waals surface area contributed by atoms with E-state index in [0.717, 1.165) is 18.7 Å². The number of aromatic nitrogens is 2. The molecular weight excluding hydrogens is 416 g/mol. The highest BCUT2D eigenvalue weighted by Gasteiger charge is 2.31. The predicted octanol–water partition coefficient (Wildman–Crippen LogP) is 4.25. The highest BCUT2D eigenvalue weighted by atomic mass is 35.5. The molecule has 152 valence electrons. The van der Waals surface area contributed by atoms with Gasteiger partial charge < -0.3 is 9.88 Å². The summed E-state index contributed by atoms with van der Waals surface area (Å²) in [6.45, 7) is 3.23. The Morgan fingerprint density at radius 3 is 2.45 bits per heavy atom. The summed E-state index contributed by atoms with van der Waals surface area (Å²) in [5.74, 6) is -0.698. The van der Waals surface area contributed by atoms with Crippen LogP contribution in [0.15, 0.2) is 47.6 Å². The molecule has 0 radical (unpaired) electrons. The van der Waals surface area contributed by atoms with Crippen LogP contribution in [0.25, 0.3) is 0 Å². The summed E-state index contributed by atoms with van der Waals surface area (Å²) >= 11 is 6.01. The van der Waals surface area contributed by atoms with Crippen molar-refractivity contribution in [1.82, 2.24) is 14.9 Å². The van der Waals surface area contributed by atoms with E-state index in [-0.39, 0.29) is 16.1 Å². The summed E-state index contributed by atoms with van der Waals surface area (Å²) in [7, 11) is 0.791. The fraction of sp³-hybridized carbons (Fsp3) is 0.286. The fourth-order valence-electron chi connectivity index (χ4n) is 3.57. The second-order valence-electron chi connectivity index (χ2n) is 7.39. The van der Waals surface area contributed by atoms with Crippen molar-refractivity contribution in [3.8, 4) is 0 Å². The normalized spacial score (nSPS) is 17.1. The maximum Gasteiger partial charge on any atom is 0.141 e. The van der Waals surface area contributed by atoms with Crippen LogP contribution in [0.5, 0.6) is 0 Å². The number of rotatable bonds is 5. The van der Waals surface area contributed by atoms with Crippen molar-refractivity contribution in [3.63, 3.8) is 0 Å². The minimum atomic E-state index is -1.19. The van der Waals surface area contributed by atoms with Crippen molar-refractivity contribution in [1.29, 1.82) is 0 Å². The molecule has 2 unspecified atom stereocenters. The third-order valence-electron chi connectivity index (χ3n) is 5.19. The molecule has 2 aromatic carbocycles. The van der Waals surface area contributed by atoms with Crippen LogP contribution in [-0.4, -0.2) is 44.5 Å². The highest BCUT2D eigenvalue weighted by molar-refractivity contribution is 7.85. The molecule has 1 aromatic heterocycles. The van der Waals surface area contributed by atoms with Crippen LogP contribution in [0.1, 0.15) is 28.4 Å². The Morgan fingerprint density at radius 1 is 1.17 bits per heavy atom. The standard InChI is InChI=1S/C21H20ClF2N3OS/c1-12-7-13(3-5-17(12)23)20(14-4-6-18(24)16(22)8-14)21-25-9-19(26-21)29(28)15-10-27(2)11-15/h3-9,15,20H,10-11H2,1-2H3,(H,25,26). The zero-order valence-corrected chi connectivity index (χ0v) is 17.5. The summed E-state index contributed by atoms with van der Waals surface area (Å²) in [4.78, 5) is 9.74. The molecule has 1 aliphatic rings. The quantitative estimate of drug-likeness (QED) is 0.651. The third kappa shape index (κ3) is 3.99. The van der Waals surface area contributed by atoms with Gasteiger partial charge >= 0.3 is 0 Å². The van der Waals surface area contributed by atoms with Crippen LogP contribution >= 0.6 is 11.6 Å². The second-order valence-corrected chi connectivity index (χ2v) is 9.50. The zero-order chi connectivity index (χ0) is 20.7. The van der Waals surface area contributed by atoms with Gasteiger partial charge in [-0.2, -0.15) is 0 Å². The molecule has 29 heavy (non-hydrogen) atoms. The SMILES string of the molecule is Cc1cc(C(c2ccc(F)c(Cl)c2)c2ncc(S(=O)C3CN(C)C3)[nH]2)ccc1F. The largest absolute Gasteiger partial charge is 0.334 e. The Balaban J connectivity index is 1.75. The van der Waals surface area contributed by atoms with E-state index in [0.29, 0.717) is 22.0 Å². The van der Waals surface area contributed by atoms with Gasteiger partial charge in [0.05, 0.1) is 33.2 Å². The molecule has 1 N–H and O–H groups in total. The topological polar surface area (TPSA) is 49.0 Å². The third-order valence-corrected chi connectivity index (χ3v) is 7.02. The van der Waals surface area contributed by atoms with Gasteiger partial charge in [0.2, 0.25) is 0 Å². The number of nitrogens with zero attached hydrogens (tertiary/aromatic N) is 2. The van der Waals surface area contributed by atoms with Gasteiger partial charge in [0.25, 0.3) is 0 Å². The first kappa shape index (κ1) is 20.2. The van der Waals surface area contributed by atoms with Crippen LogP contribution in [0.4, 0.5) is 8.78 Å². The minimum absolute atomic E-state index is 0.000746. The zero-order valence-electron chi connectivity index (χ0n) is 16.0. The van der Waals surface area contributed by atoms with E-state index in [4.69, 9.17) is 11.6 Å². The van der Waals surface area contributed by atoms with Gasteiger partial charge in [0.15, 0.2) is 0 Å². The van der Waals surface area contributed by atoms with Crippen molar-refractivity contribution >= 4 is 22.4 Å². The van der Waals surface area contributed by atoms with Crippen molar-refractivity contribution in [2.45, 2.75) is 23.1 Å². The van der Waals surface area contributed by atoms with Crippen molar-refractivity contribution in [2.24, 2.45) is 0 Å². The Bertz CT molecular complexity index is 1030. The van der Waals surface area contributed by atoms with E-state index in [9.17, 15) is 13.0 Å². The van der Waals surface area contributed by atoms with Crippen LogP contribution in [0, 0.1) is 18.6 Å². The first-order chi connectivity index (χ1) is 13.8. The van der Waals surface area contributed by atoms with Gasteiger partial charge in [-0.05, 0) is 48.9 Å². The molecule has 4 rings (SSSR count). The summed E-state index contributed by atoms with van der Waals surface area (Å²) in [5.41, 5.74) is 1.98. The second kappa shape index (κ2) is 7.97. The van der Waals surface area contributed by atoms with E-state index < -0.39 is 22.5 Å². The molecule has 1 aliphatic heterocycles. The number of hydrogen-bond donors (Lipinski definition) is 1. The number of imidazole rings is 1. The summed E-state index contributed by atoms with van der Waals surface area (Å²) in [6, 6.07) is 9.27. The smallest absolute Gasteiger partial charge is 0.141 e. The van der Waals surface area contributed by atoms with Crippen molar-refractivity contribution < 1.29 is 13.0 Å². The number of H-pyrrole nitrogens is 1. The monoisotopic (exact) mass is 435 g/mol. The summed E-state index contributed by atoms with van der Waals surface area (Å²) in [6.07, 6.45) is 1.58. The molecule has 0 bridgehead atoms. The number of nitrogens with one attached hydrogen (secondary N) is 1. The van der Waals surface area contributed by atoms with Gasteiger partial charge in [-0.15, -0.1) is 0 Å². The fourth-order valence-corrected chi connectivity index (χ4v) is 5.26. The van der Waals surface area contributed by atoms with E-state index >= 15 is 0 Å². The summed E-state index contributed by atoms with van der Waals surface area (Å²) < 4.78 is 40.3. The molecule has 1 saturated heterocycles. The van der Waals surface area contributed by atoms with Gasteiger partial charge in [0, 0.05) is 13.1 Å². The molecule has 8 heteroatoms. The molecule has 0 aliphatic carbocycles. The maximum absolute atomic E-state index is 13.8. The Morgan fingerprint density at radius 2 is 1.83 bits per heavy atom. The molecule has 0 saturated carbocycles. The molecule has 0 amide bonds. The van der Waals surface area contributed by atoms with Gasteiger partial charge in [-0.25, -0.2) is 13.8 Å². The Labute approximate surface area is 175 Å². The number of aromatic amines is 1. The van der Waals surface area contributed by atoms with E-state index in [1.54, 1.807) is 37.4 Å².